The summed E-state index contributed by atoms with van der Waals surface area (Å²) in [4.78, 5) is 14.8. The number of pyridine rings is 1. The lowest BCUT2D eigenvalue weighted by Gasteiger charge is -2.03. The van der Waals surface area contributed by atoms with E-state index in [1.807, 2.05) is 6.92 Å². The molecule has 3 N–H and O–H groups in total. The number of carboxylic acids is 1. The van der Waals surface area contributed by atoms with Gasteiger partial charge in [0.05, 0.1) is 5.56 Å². The van der Waals surface area contributed by atoms with Crippen LogP contribution in [0.4, 0.5) is 5.82 Å². The Balaban J connectivity index is 2.52. The molecule has 82 valence electrons. The molecule has 2 aromatic heterocycles. The normalized spacial score (nSPS) is 10.3. The van der Waals surface area contributed by atoms with E-state index in [1.54, 1.807) is 6.07 Å². The van der Waals surface area contributed by atoms with E-state index in [4.69, 9.17) is 10.8 Å². The zero-order valence-electron chi connectivity index (χ0n) is 8.58. The van der Waals surface area contributed by atoms with E-state index >= 15 is 0 Å². The molecule has 0 aliphatic rings. The first kappa shape index (κ1) is 10.2. The van der Waals surface area contributed by atoms with E-state index < -0.39 is 5.97 Å². The molecular weight excluding hydrogens is 208 g/mol. The Morgan fingerprint density at radius 2 is 2.25 bits per heavy atom. The number of carbonyl (C=O) groups is 1. The van der Waals surface area contributed by atoms with Gasteiger partial charge < -0.3 is 10.8 Å². The number of hydrogen-bond donors (Lipinski definition) is 2. The van der Waals surface area contributed by atoms with Crippen LogP contribution in [-0.2, 0) is 0 Å². The molecule has 0 saturated carbocycles. The van der Waals surface area contributed by atoms with Gasteiger partial charge in [-0.1, -0.05) is 0 Å². The molecule has 0 atom stereocenters. The Kier molecular flexibility index (Phi) is 2.32. The molecule has 0 amide bonds. The van der Waals surface area contributed by atoms with Crippen LogP contribution >= 0.6 is 0 Å². The molecule has 0 saturated heterocycles. The van der Waals surface area contributed by atoms with Crippen LogP contribution in [0.25, 0.3) is 5.82 Å². The van der Waals surface area contributed by atoms with Crippen LogP contribution in [0.2, 0.25) is 0 Å². The summed E-state index contributed by atoms with van der Waals surface area (Å²) >= 11 is 0. The van der Waals surface area contributed by atoms with Crippen molar-refractivity contribution in [1.29, 1.82) is 0 Å². The second-order valence-corrected chi connectivity index (χ2v) is 3.33. The maximum Gasteiger partial charge on any atom is 0.335 e. The minimum Gasteiger partial charge on any atom is -0.478 e. The predicted octanol–water partition coefficient (Wildman–Crippen LogP) is 0.856. The van der Waals surface area contributed by atoms with Crippen molar-refractivity contribution < 1.29 is 9.90 Å². The number of nitrogen functional groups attached to an aromatic ring is 1. The van der Waals surface area contributed by atoms with Crippen molar-refractivity contribution in [3.05, 3.63) is 35.7 Å². The van der Waals surface area contributed by atoms with Gasteiger partial charge in [0.15, 0.2) is 5.82 Å². The summed E-state index contributed by atoms with van der Waals surface area (Å²) in [6.07, 6.45) is 1.43. The summed E-state index contributed by atoms with van der Waals surface area (Å²) in [6, 6.07) is 4.56. The number of rotatable bonds is 2. The van der Waals surface area contributed by atoms with Gasteiger partial charge in [0.2, 0.25) is 0 Å². The highest BCUT2D eigenvalue weighted by molar-refractivity contribution is 5.87. The van der Waals surface area contributed by atoms with E-state index in [0.29, 0.717) is 11.6 Å². The lowest BCUT2D eigenvalue weighted by molar-refractivity contribution is 0.0696. The first-order chi connectivity index (χ1) is 7.58. The smallest absolute Gasteiger partial charge is 0.335 e. The summed E-state index contributed by atoms with van der Waals surface area (Å²) in [7, 11) is 0. The highest BCUT2D eigenvalue weighted by atomic mass is 16.4. The number of hydrogen-bond acceptors (Lipinski definition) is 4. The van der Waals surface area contributed by atoms with Crippen molar-refractivity contribution in [1.82, 2.24) is 14.8 Å². The number of aryl methyl sites for hydroxylation is 1. The number of nitrogens with two attached hydrogens (primary N) is 1. The van der Waals surface area contributed by atoms with Gasteiger partial charge >= 0.3 is 5.97 Å². The molecule has 2 heterocycles. The molecule has 2 aromatic rings. The lowest BCUT2D eigenvalue weighted by atomic mass is 10.2. The molecule has 16 heavy (non-hydrogen) atoms. The Labute approximate surface area is 91.3 Å². The van der Waals surface area contributed by atoms with Crippen LogP contribution in [0.3, 0.4) is 0 Å². The number of aromatic nitrogens is 3. The molecule has 6 heteroatoms. The van der Waals surface area contributed by atoms with Crippen LogP contribution in [0.15, 0.2) is 24.4 Å². The molecule has 0 aliphatic carbocycles. The van der Waals surface area contributed by atoms with E-state index in [2.05, 4.69) is 10.1 Å². The second kappa shape index (κ2) is 3.65. The summed E-state index contributed by atoms with van der Waals surface area (Å²) in [6.45, 7) is 1.82. The Bertz CT molecular complexity index is 548. The Hall–Kier alpha value is -2.37. The van der Waals surface area contributed by atoms with Crippen LogP contribution in [0.5, 0.6) is 0 Å². The second-order valence-electron chi connectivity index (χ2n) is 3.33. The minimum absolute atomic E-state index is 0.165. The van der Waals surface area contributed by atoms with E-state index in [9.17, 15) is 4.79 Å². The molecule has 0 aromatic carbocycles. The Morgan fingerprint density at radius 3 is 2.81 bits per heavy atom. The fraction of sp³-hybridized carbons (Fsp3) is 0.100. The fourth-order valence-corrected chi connectivity index (χ4v) is 1.40. The highest BCUT2D eigenvalue weighted by Crippen LogP contribution is 2.12. The van der Waals surface area contributed by atoms with Crippen molar-refractivity contribution in [2.24, 2.45) is 0 Å². The summed E-state index contributed by atoms with van der Waals surface area (Å²) in [5.74, 6) is -0.185. The van der Waals surface area contributed by atoms with E-state index in [1.165, 1.54) is 23.0 Å². The maximum atomic E-state index is 10.8. The number of anilines is 1. The van der Waals surface area contributed by atoms with E-state index in [0.717, 1.165) is 5.69 Å². The van der Waals surface area contributed by atoms with Crippen molar-refractivity contribution in [3.63, 3.8) is 0 Å². The molecule has 0 spiro atoms. The third-order valence-corrected chi connectivity index (χ3v) is 2.12. The van der Waals surface area contributed by atoms with Crippen molar-refractivity contribution >= 4 is 11.8 Å². The number of aromatic carboxylic acids is 1. The first-order valence-corrected chi connectivity index (χ1v) is 4.60. The molecule has 2 rings (SSSR count). The van der Waals surface area contributed by atoms with Crippen molar-refractivity contribution in [2.75, 3.05) is 5.73 Å². The molecule has 6 nitrogen and oxygen atoms in total. The minimum atomic E-state index is -0.999. The maximum absolute atomic E-state index is 10.8. The van der Waals surface area contributed by atoms with Gasteiger partial charge in [-0.3, -0.25) is 0 Å². The quantitative estimate of drug-likeness (QED) is 0.779. The summed E-state index contributed by atoms with van der Waals surface area (Å²) < 4.78 is 1.50. The SMILES string of the molecule is Cc1cc(N)nn1-c1cc(C(=O)O)ccn1. The Morgan fingerprint density at radius 1 is 1.50 bits per heavy atom. The van der Waals surface area contributed by atoms with Crippen molar-refractivity contribution in [2.45, 2.75) is 6.92 Å². The van der Waals surface area contributed by atoms with Gasteiger partial charge in [0, 0.05) is 18.0 Å². The fourth-order valence-electron chi connectivity index (χ4n) is 1.40. The van der Waals surface area contributed by atoms with Gasteiger partial charge in [-0.05, 0) is 19.1 Å². The van der Waals surface area contributed by atoms with Gasteiger partial charge in [0.25, 0.3) is 0 Å². The summed E-state index contributed by atoms with van der Waals surface area (Å²) in [5.41, 5.74) is 6.50. The van der Waals surface area contributed by atoms with E-state index in [-0.39, 0.29) is 5.56 Å². The van der Waals surface area contributed by atoms with Crippen LogP contribution in [-0.4, -0.2) is 25.8 Å². The number of nitrogens with zero attached hydrogens (tertiary/aromatic N) is 3. The van der Waals surface area contributed by atoms with Gasteiger partial charge in [-0.15, -0.1) is 5.10 Å². The van der Waals surface area contributed by atoms with Crippen LogP contribution < -0.4 is 5.73 Å². The highest BCUT2D eigenvalue weighted by Gasteiger charge is 2.08. The van der Waals surface area contributed by atoms with Crippen LogP contribution in [0, 0.1) is 6.92 Å². The lowest BCUT2D eigenvalue weighted by Crippen LogP contribution is -2.05. The third kappa shape index (κ3) is 1.72. The molecule has 0 bridgehead atoms. The predicted molar refractivity (Wildman–Crippen MR) is 57.5 cm³/mol. The standard InChI is InChI=1S/C10H10N4O2/c1-6-4-8(11)13-14(6)9-5-7(10(15)16)2-3-12-9/h2-5H,1H3,(H2,11,13)(H,15,16). The average Bonchev–Trinajstić information content (AvgIpc) is 2.58. The first-order valence-electron chi connectivity index (χ1n) is 4.60. The average molecular weight is 218 g/mol. The topological polar surface area (TPSA) is 94.0 Å². The molecule has 0 aliphatic heterocycles. The van der Waals surface area contributed by atoms with Gasteiger partial charge in [-0.25, -0.2) is 14.5 Å². The van der Waals surface area contributed by atoms with Crippen LogP contribution in [0.1, 0.15) is 16.1 Å². The molecule has 0 fully saturated rings. The van der Waals surface area contributed by atoms with Crippen molar-refractivity contribution in [3.8, 4) is 5.82 Å². The molecule has 0 radical (unpaired) electrons. The largest absolute Gasteiger partial charge is 0.478 e. The zero-order valence-corrected chi connectivity index (χ0v) is 8.58. The molecular formula is C10H10N4O2. The monoisotopic (exact) mass is 218 g/mol. The van der Waals surface area contributed by atoms with Gasteiger partial charge in [0.1, 0.15) is 5.82 Å². The zero-order chi connectivity index (χ0) is 11.7. The molecule has 0 unspecified atom stereocenters. The summed E-state index contributed by atoms with van der Waals surface area (Å²) in [5, 5.41) is 12.9. The third-order valence-electron chi connectivity index (χ3n) is 2.12. The van der Waals surface area contributed by atoms with Gasteiger partial charge in [-0.2, -0.15) is 0 Å². The number of carboxylic acid groups (broad SMARTS) is 1.